The van der Waals surface area contributed by atoms with Crippen LogP contribution in [0.3, 0.4) is 0 Å². The Morgan fingerprint density at radius 2 is 2.07 bits per heavy atom. The SMILES string of the molecule is Cc1ccc2nc(C3CCCN3C(=O)Nc3ccccc3CS(C)(=O)=O)[nH]c2c1. The van der Waals surface area contributed by atoms with Crippen LogP contribution in [0, 0.1) is 6.92 Å². The Balaban J connectivity index is 1.57. The number of sulfone groups is 1. The molecule has 2 amide bonds. The van der Waals surface area contributed by atoms with E-state index in [9.17, 15) is 13.2 Å². The van der Waals surface area contributed by atoms with Crippen LogP contribution in [0.25, 0.3) is 11.0 Å². The second-order valence-electron chi connectivity index (χ2n) is 7.65. The molecule has 2 heterocycles. The fraction of sp³-hybridized carbons (Fsp3) is 0.333. The van der Waals surface area contributed by atoms with Crippen molar-refractivity contribution in [2.24, 2.45) is 0 Å². The number of aryl methyl sites for hydroxylation is 1. The molecule has 0 aliphatic carbocycles. The number of aromatic amines is 1. The normalized spacial score (nSPS) is 17.0. The molecular weight excluding hydrogens is 388 g/mol. The van der Waals surface area contributed by atoms with E-state index in [1.54, 1.807) is 29.2 Å². The Kier molecular flexibility index (Phi) is 5.04. The lowest BCUT2D eigenvalue weighted by molar-refractivity contribution is 0.205. The van der Waals surface area contributed by atoms with Crippen molar-refractivity contribution in [1.29, 1.82) is 0 Å². The summed E-state index contributed by atoms with van der Waals surface area (Å²) in [5.74, 6) is 0.665. The molecule has 0 spiro atoms. The van der Waals surface area contributed by atoms with Gasteiger partial charge in [0.05, 0.1) is 22.8 Å². The van der Waals surface area contributed by atoms with Gasteiger partial charge < -0.3 is 15.2 Å². The van der Waals surface area contributed by atoms with Gasteiger partial charge in [0.15, 0.2) is 9.84 Å². The number of imidazole rings is 1. The Morgan fingerprint density at radius 3 is 2.86 bits per heavy atom. The average molecular weight is 413 g/mol. The maximum absolute atomic E-state index is 13.0. The summed E-state index contributed by atoms with van der Waals surface area (Å²) in [5.41, 5.74) is 4.10. The van der Waals surface area contributed by atoms with E-state index in [4.69, 9.17) is 0 Å². The molecule has 4 rings (SSSR count). The zero-order chi connectivity index (χ0) is 20.6. The molecule has 1 atom stereocenters. The number of nitrogens with one attached hydrogen (secondary N) is 2. The van der Waals surface area contributed by atoms with Gasteiger partial charge in [0.25, 0.3) is 0 Å². The summed E-state index contributed by atoms with van der Waals surface area (Å²) in [5, 5.41) is 2.90. The molecule has 1 aliphatic rings. The molecule has 2 N–H and O–H groups in total. The van der Waals surface area contributed by atoms with Gasteiger partial charge in [-0.2, -0.15) is 0 Å². The van der Waals surface area contributed by atoms with Crippen molar-refractivity contribution in [3.63, 3.8) is 0 Å². The maximum Gasteiger partial charge on any atom is 0.322 e. The second kappa shape index (κ2) is 7.51. The van der Waals surface area contributed by atoms with Gasteiger partial charge in [0, 0.05) is 18.5 Å². The largest absolute Gasteiger partial charge is 0.340 e. The number of hydrogen-bond acceptors (Lipinski definition) is 4. The van der Waals surface area contributed by atoms with Crippen molar-refractivity contribution >= 4 is 32.6 Å². The summed E-state index contributed by atoms with van der Waals surface area (Å²) < 4.78 is 23.4. The van der Waals surface area contributed by atoms with Crippen molar-refractivity contribution < 1.29 is 13.2 Å². The summed E-state index contributed by atoms with van der Waals surface area (Å²) >= 11 is 0. The van der Waals surface area contributed by atoms with E-state index in [-0.39, 0.29) is 17.8 Å². The van der Waals surface area contributed by atoms with E-state index in [0.29, 0.717) is 17.8 Å². The molecule has 0 bridgehead atoms. The highest BCUT2D eigenvalue weighted by atomic mass is 32.2. The monoisotopic (exact) mass is 412 g/mol. The summed E-state index contributed by atoms with van der Waals surface area (Å²) in [6.07, 6.45) is 2.90. The van der Waals surface area contributed by atoms with E-state index in [0.717, 1.165) is 35.3 Å². The number of likely N-dealkylation sites (tertiary alicyclic amines) is 1. The molecular formula is C21H24N4O3S. The minimum atomic E-state index is -3.21. The average Bonchev–Trinajstić information content (AvgIpc) is 3.28. The number of urea groups is 1. The van der Waals surface area contributed by atoms with Crippen LogP contribution >= 0.6 is 0 Å². The predicted molar refractivity (Wildman–Crippen MR) is 114 cm³/mol. The third kappa shape index (κ3) is 4.27. The molecule has 1 unspecified atom stereocenters. The van der Waals surface area contributed by atoms with Crippen LogP contribution in [0.15, 0.2) is 42.5 Å². The molecule has 1 aromatic heterocycles. The third-order valence-electron chi connectivity index (χ3n) is 5.16. The van der Waals surface area contributed by atoms with Crippen LogP contribution in [0.2, 0.25) is 0 Å². The third-order valence-corrected chi connectivity index (χ3v) is 6.00. The van der Waals surface area contributed by atoms with Gasteiger partial charge in [-0.1, -0.05) is 24.3 Å². The minimum Gasteiger partial charge on any atom is -0.340 e. The molecule has 7 nitrogen and oxygen atoms in total. The Morgan fingerprint density at radius 1 is 1.28 bits per heavy atom. The van der Waals surface area contributed by atoms with Crippen molar-refractivity contribution in [1.82, 2.24) is 14.9 Å². The van der Waals surface area contributed by atoms with Gasteiger partial charge in [0.2, 0.25) is 0 Å². The number of amides is 2. The first-order valence-corrected chi connectivity index (χ1v) is 11.7. The van der Waals surface area contributed by atoms with E-state index < -0.39 is 9.84 Å². The predicted octanol–water partition coefficient (Wildman–Crippen LogP) is 3.78. The molecule has 152 valence electrons. The molecule has 29 heavy (non-hydrogen) atoms. The number of hydrogen-bond donors (Lipinski definition) is 2. The number of nitrogens with zero attached hydrogens (tertiary/aromatic N) is 2. The van der Waals surface area contributed by atoms with Gasteiger partial charge in [-0.05, 0) is 49.1 Å². The highest BCUT2D eigenvalue weighted by molar-refractivity contribution is 7.89. The van der Waals surface area contributed by atoms with Crippen LogP contribution in [-0.4, -0.2) is 42.1 Å². The van der Waals surface area contributed by atoms with E-state index >= 15 is 0 Å². The summed E-state index contributed by atoms with van der Waals surface area (Å²) in [6, 6.07) is 12.7. The minimum absolute atomic E-state index is 0.115. The number of fused-ring (bicyclic) bond motifs is 1. The lowest BCUT2D eigenvalue weighted by Gasteiger charge is -2.24. The maximum atomic E-state index is 13.0. The molecule has 3 aromatic rings. The quantitative estimate of drug-likeness (QED) is 0.682. The van der Waals surface area contributed by atoms with Crippen LogP contribution in [-0.2, 0) is 15.6 Å². The van der Waals surface area contributed by atoms with Gasteiger partial charge in [-0.3, -0.25) is 0 Å². The highest BCUT2D eigenvalue weighted by Crippen LogP contribution is 2.32. The number of rotatable bonds is 4. The molecule has 1 fully saturated rings. The number of carbonyl (C=O) groups is 1. The van der Waals surface area contributed by atoms with Crippen molar-refractivity contribution in [2.75, 3.05) is 18.1 Å². The summed E-state index contributed by atoms with van der Waals surface area (Å²) in [7, 11) is -3.21. The van der Waals surface area contributed by atoms with Crippen LogP contribution < -0.4 is 5.32 Å². The standard InChI is InChI=1S/C21H24N4O3S/c1-14-9-10-17-18(12-14)23-20(22-17)19-8-5-11-25(19)21(26)24-16-7-4-3-6-15(16)13-29(2,27)28/h3-4,6-7,9-10,12,19H,5,8,11,13H2,1-2H3,(H,22,23)(H,24,26). The van der Waals surface area contributed by atoms with Crippen molar-refractivity contribution in [2.45, 2.75) is 31.6 Å². The van der Waals surface area contributed by atoms with E-state index in [2.05, 4.69) is 15.3 Å². The van der Waals surface area contributed by atoms with Crippen LogP contribution in [0.5, 0.6) is 0 Å². The molecule has 2 aromatic carbocycles. The first-order valence-electron chi connectivity index (χ1n) is 9.60. The number of benzene rings is 2. The van der Waals surface area contributed by atoms with Gasteiger partial charge in [-0.15, -0.1) is 0 Å². The lowest BCUT2D eigenvalue weighted by Crippen LogP contribution is -2.35. The van der Waals surface area contributed by atoms with Gasteiger partial charge >= 0.3 is 6.03 Å². The summed E-state index contributed by atoms with van der Waals surface area (Å²) in [6.45, 7) is 2.66. The van der Waals surface area contributed by atoms with Gasteiger partial charge in [0.1, 0.15) is 5.82 Å². The number of aromatic nitrogens is 2. The number of para-hydroxylation sites is 1. The first-order chi connectivity index (χ1) is 13.8. The van der Waals surface area contributed by atoms with Crippen molar-refractivity contribution in [3.05, 3.63) is 59.4 Å². The first kappa shape index (κ1) is 19.4. The zero-order valence-electron chi connectivity index (χ0n) is 16.5. The molecule has 0 radical (unpaired) electrons. The van der Waals surface area contributed by atoms with Crippen LogP contribution in [0.4, 0.5) is 10.5 Å². The van der Waals surface area contributed by atoms with Crippen molar-refractivity contribution in [3.8, 4) is 0 Å². The molecule has 1 aliphatic heterocycles. The van der Waals surface area contributed by atoms with E-state index in [1.807, 2.05) is 25.1 Å². The Labute approximate surface area is 170 Å². The molecule has 0 saturated carbocycles. The zero-order valence-corrected chi connectivity index (χ0v) is 17.3. The Hall–Kier alpha value is -2.87. The van der Waals surface area contributed by atoms with Crippen LogP contribution in [0.1, 0.15) is 35.8 Å². The fourth-order valence-electron chi connectivity index (χ4n) is 3.83. The smallest absolute Gasteiger partial charge is 0.322 e. The fourth-order valence-corrected chi connectivity index (χ4v) is 4.65. The Bertz CT molecular complexity index is 1170. The van der Waals surface area contributed by atoms with Gasteiger partial charge in [-0.25, -0.2) is 18.2 Å². The summed E-state index contributed by atoms with van der Waals surface area (Å²) in [4.78, 5) is 22.8. The molecule has 1 saturated heterocycles. The number of H-pyrrole nitrogens is 1. The number of carbonyl (C=O) groups excluding carboxylic acids is 1. The second-order valence-corrected chi connectivity index (χ2v) is 9.79. The number of anilines is 1. The molecule has 8 heteroatoms. The highest BCUT2D eigenvalue weighted by Gasteiger charge is 2.32. The topological polar surface area (TPSA) is 95.2 Å². The lowest BCUT2D eigenvalue weighted by atomic mass is 10.2. The van der Waals surface area contributed by atoms with E-state index in [1.165, 1.54) is 6.26 Å².